The van der Waals surface area contributed by atoms with Crippen molar-refractivity contribution >= 4 is 17.3 Å². The van der Waals surface area contributed by atoms with Gasteiger partial charge in [0.25, 0.3) is 5.91 Å². The van der Waals surface area contributed by atoms with Gasteiger partial charge < -0.3 is 10.2 Å². The minimum Gasteiger partial charge on any atom is -0.381 e. The van der Waals surface area contributed by atoms with E-state index in [2.05, 4.69) is 42.3 Å². The number of benzene rings is 2. The van der Waals surface area contributed by atoms with Gasteiger partial charge >= 0.3 is 0 Å². The lowest BCUT2D eigenvalue weighted by molar-refractivity contribution is 0.0976. The van der Waals surface area contributed by atoms with Crippen molar-refractivity contribution in [3.63, 3.8) is 0 Å². The van der Waals surface area contributed by atoms with Crippen LogP contribution in [0.5, 0.6) is 0 Å². The van der Waals surface area contributed by atoms with E-state index >= 15 is 0 Å². The summed E-state index contributed by atoms with van der Waals surface area (Å²) in [5.41, 5.74) is 6.06. The first kappa shape index (κ1) is 17.3. The third-order valence-corrected chi connectivity index (χ3v) is 5.15. The molecule has 3 aromatic rings. The molecule has 0 fully saturated rings. The van der Waals surface area contributed by atoms with E-state index in [0.29, 0.717) is 12.2 Å². The van der Waals surface area contributed by atoms with Crippen LogP contribution in [0.3, 0.4) is 0 Å². The zero-order chi connectivity index (χ0) is 18.8. The van der Waals surface area contributed by atoms with E-state index in [0.717, 1.165) is 17.8 Å². The number of pyridine rings is 1. The van der Waals surface area contributed by atoms with Gasteiger partial charge in [-0.15, -0.1) is 0 Å². The molecule has 2 heterocycles. The summed E-state index contributed by atoms with van der Waals surface area (Å²) in [5.74, 6) is -0.0491. The van der Waals surface area contributed by atoms with Crippen LogP contribution in [-0.2, 0) is 13.0 Å². The van der Waals surface area contributed by atoms with E-state index in [1.165, 1.54) is 16.7 Å². The molecule has 4 rings (SSSR count). The Morgan fingerprint density at radius 3 is 2.78 bits per heavy atom. The predicted octanol–water partition coefficient (Wildman–Crippen LogP) is 4.59. The molecule has 27 heavy (non-hydrogen) atoms. The summed E-state index contributed by atoms with van der Waals surface area (Å²) in [6.07, 6.45) is 2.58. The number of aryl methyl sites for hydroxylation is 1. The van der Waals surface area contributed by atoms with Crippen LogP contribution in [0.25, 0.3) is 0 Å². The van der Waals surface area contributed by atoms with Gasteiger partial charge in [-0.05, 0) is 55.2 Å². The highest BCUT2D eigenvalue weighted by molar-refractivity contribution is 6.06. The van der Waals surface area contributed by atoms with Gasteiger partial charge in [0.2, 0.25) is 0 Å². The lowest BCUT2D eigenvalue weighted by Gasteiger charge is -2.22. The third-order valence-electron chi connectivity index (χ3n) is 5.15. The van der Waals surface area contributed by atoms with E-state index in [-0.39, 0.29) is 11.9 Å². The number of hydrogen-bond acceptors (Lipinski definition) is 3. The lowest BCUT2D eigenvalue weighted by atomic mass is 10.1. The molecule has 0 bridgehead atoms. The van der Waals surface area contributed by atoms with Gasteiger partial charge in [-0.2, -0.15) is 0 Å². The number of rotatable bonds is 4. The smallest absolute Gasteiger partial charge is 0.277 e. The number of para-hydroxylation sites is 1. The van der Waals surface area contributed by atoms with Crippen LogP contribution < -0.4 is 10.2 Å². The average Bonchev–Trinajstić information content (AvgIpc) is 3.02. The van der Waals surface area contributed by atoms with Crippen LogP contribution in [0, 0.1) is 6.92 Å². The monoisotopic (exact) mass is 357 g/mol. The highest BCUT2D eigenvalue weighted by atomic mass is 16.2. The Kier molecular flexibility index (Phi) is 4.63. The Balaban J connectivity index is 1.54. The maximum Gasteiger partial charge on any atom is 0.277 e. The Bertz CT molecular complexity index is 983. The van der Waals surface area contributed by atoms with Gasteiger partial charge in [0, 0.05) is 30.2 Å². The highest BCUT2D eigenvalue weighted by Crippen LogP contribution is 2.33. The van der Waals surface area contributed by atoms with Crippen molar-refractivity contribution in [2.75, 3.05) is 10.2 Å². The van der Waals surface area contributed by atoms with Crippen molar-refractivity contribution in [2.24, 2.45) is 0 Å². The molecule has 0 radical (unpaired) electrons. The number of fused-ring (bicyclic) bond motifs is 1. The minimum absolute atomic E-state index is 0.0491. The molecular weight excluding hydrogens is 334 g/mol. The first-order valence-corrected chi connectivity index (χ1v) is 9.29. The second-order valence-corrected chi connectivity index (χ2v) is 7.07. The van der Waals surface area contributed by atoms with E-state index < -0.39 is 0 Å². The molecule has 0 aliphatic carbocycles. The van der Waals surface area contributed by atoms with Gasteiger partial charge in [-0.1, -0.05) is 42.5 Å². The number of carbonyl (C=O) groups is 1. The van der Waals surface area contributed by atoms with E-state index in [1.54, 1.807) is 6.20 Å². The number of carbonyl (C=O) groups excluding carboxylic acids is 1. The van der Waals surface area contributed by atoms with Gasteiger partial charge in [0.1, 0.15) is 5.69 Å². The first-order valence-electron chi connectivity index (χ1n) is 9.29. The quantitative estimate of drug-likeness (QED) is 0.742. The predicted molar refractivity (Wildman–Crippen MR) is 109 cm³/mol. The zero-order valence-electron chi connectivity index (χ0n) is 15.6. The first-order chi connectivity index (χ1) is 13.1. The molecule has 2 aromatic carbocycles. The number of nitrogens with zero attached hydrogens (tertiary/aromatic N) is 2. The molecule has 1 aliphatic heterocycles. The number of amides is 1. The molecule has 1 unspecified atom stereocenters. The van der Waals surface area contributed by atoms with E-state index in [4.69, 9.17) is 0 Å². The van der Waals surface area contributed by atoms with Crippen molar-refractivity contribution in [1.29, 1.82) is 0 Å². The molecule has 136 valence electrons. The normalized spacial score (nSPS) is 15.5. The minimum atomic E-state index is -0.0491. The summed E-state index contributed by atoms with van der Waals surface area (Å²) in [5, 5.41) is 3.41. The Hall–Kier alpha value is -3.14. The molecule has 1 atom stereocenters. The Labute approximate surface area is 159 Å². The average molecular weight is 357 g/mol. The van der Waals surface area contributed by atoms with Crippen LogP contribution in [0.2, 0.25) is 0 Å². The molecule has 4 heteroatoms. The third kappa shape index (κ3) is 3.43. The molecule has 0 saturated carbocycles. The van der Waals surface area contributed by atoms with Crippen molar-refractivity contribution in [3.8, 4) is 0 Å². The molecule has 0 saturated heterocycles. The number of anilines is 2. The summed E-state index contributed by atoms with van der Waals surface area (Å²) in [6, 6.07) is 20.3. The molecule has 4 nitrogen and oxygen atoms in total. The SMILES string of the molecule is Cc1ccccc1CNc1ccnc(C(=O)N2c3ccccc3CC2C)c1. The van der Waals surface area contributed by atoms with Crippen LogP contribution in [0.4, 0.5) is 11.4 Å². The van der Waals surface area contributed by atoms with Crippen molar-refractivity contribution < 1.29 is 4.79 Å². The highest BCUT2D eigenvalue weighted by Gasteiger charge is 2.31. The van der Waals surface area contributed by atoms with Crippen molar-refractivity contribution in [1.82, 2.24) is 4.98 Å². The van der Waals surface area contributed by atoms with Gasteiger partial charge in [-0.25, -0.2) is 0 Å². The second kappa shape index (κ2) is 7.23. The molecule has 0 spiro atoms. The van der Waals surface area contributed by atoms with Crippen molar-refractivity contribution in [2.45, 2.75) is 32.9 Å². The van der Waals surface area contributed by atoms with Gasteiger partial charge in [-0.3, -0.25) is 9.78 Å². The summed E-state index contributed by atoms with van der Waals surface area (Å²) in [6.45, 7) is 4.90. The van der Waals surface area contributed by atoms with Crippen LogP contribution >= 0.6 is 0 Å². The topological polar surface area (TPSA) is 45.2 Å². The van der Waals surface area contributed by atoms with E-state index in [1.807, 2.05) is 47.4 Å². The maximum atomic E-state index is 13.1. The Morgan fingerprint density at radius 1 is 1.15 bits per heavy atom. The lowest BCUT2D eigenvalue weighted by Crippen LogP contribution is -2.36. The fourth-order valence-corrected chi connectivity index (χ4v) is 3.66. The van der Waals surface area contributed by atoms with Crippen LogP contribution in [0.15, 0.2) is 66.9 Å². The van der Waals surface area contributed by atoms with E-state index in [9.17, 15) is 4.79 Å². The number of aromatic nitrogens is 1. The number of hydrogen-bond donors (Lipinski definition) is 1. The Morgan fingerprint density at radius 2 is 1.93 bits per heavy atom. The van der Waals surface area contributed by atoms with Gasteiger partial charge in [0.05, 0.1) is 0 Å². The summed E-state index contributed by atoms with van der Waals surface area (Å²) in [7, 11) is 0. The second-order valence-electron chi connectivity index (χ2n) is 7.07. The van der Waals surface area contributed by atoms with Gasteiger partial charge in [0.15, 0.2) is 0 Å². The standard InChI is InChI=1S/C23H23N3O/c1-16-7-3-4-9-19(16)15-25-20-11-12-24-21(14-20)23(27)26-17(2)13-18-8-5-6-10-22(18)26/h3-12,14,17H,13,15H2,1-2H3,(H,24,25). The maximum absolute atomic E-state index is 13.1. The molecule has 1 N–H and O–H groups in total. The zero-order valence-corrected chi connectivity index (χ0v) is 15.6. The largest absolute Gasteiger partial charge is 0.381 e. The number of nitrogens with one attached hydrogen (secondary N) is 1. The summed E-state index contributed by atoms with van der Waals surface area (Å²) >= 11 is 0. The molecule has 1 amide bonds. The molecular formula is C23H23N3O. The fraction of sp³-hybridized carbons (Fsp3) is 0.217. The summed E-state index contributed by atoms with van der Waals surface area (Å²) in [4.78, 5) is 19.3. The molecule has 1 aromatic heterocycles. The fourth-order valence-electron chi connectivity index (χ4n) is 3.66. The molecule has 1 aliphatic rings. The summed E-state index contributed by atoms with van der Waals surface area (Å²) < 4.78 is 0. The van der Waals surface area contributed by atoms with Crippen LogP contribution in [0.1, 0.15) is 34.1 Å². The van der Waals surface area contributed by atoms with Crippen LogP contribution in [-0.4, -0.2) is 16.9 Å². The van der Waals surface area contributed by atoms with Crippen molar-refractivity contribution in [3.05, 3.63) is 89.2 Å².